The Kier molecular flexibility index (Phi) is 4.24. The van der Waals surface area contributed by atoms with E-state index in [-0.39, 0.29) is 5.60 Å². The van der Waals surface area contributed by atoms with Crippen LogP contribution >= 0.6 is 0 Å². The summed E-state index contributed by atoms with van der Waals surface area (Å²) in [6, 6.07) is 2.19. The van der Waals surface area contributed by atoms with Crippen LogP contribution in [0.5, 0.6) is 0 Å². The van der Waals surface area contributed by atoms with E-state index in [9.17, 15) is 0 Å². The zero-order valence-corrected chi connectivity index (χ0v) is 11.0. The van der Waals surface area contributed by atoms with Crippen molar-refractivity contribution in [1.29, 1.82) is 0 Å². The van der Waals surface area contributed by atoms with Crippen LogP contribution < -0.4 is 5.32 Å². The highest BCUT2D eigenvalue weighted by Crippen LogP contribution is 2.23. The third kappa shape index (κ3) is 3.58. The van der Waals surface area contributed by atoms with Gasteiger partial charge in [-0.25, -0.2) is 0 Å². The van der Waals surface area contributed by atoms with Crippen LogP contribution in [0.2, 0.25) is 0 Å². The Hall–Kier alpha value is -0.800. The molecule has 1 aliphatic heterocycles. The highest BCUT2D eigenvalue weighted by Gasteiger charge is 2.28. The molecule has 1 N–H and O–H groups in total. The predicted molar refractivity (Wildman–Crippen MR) is 70.0 cm³/mol. The molecule has 1 aromatic heterocycles. The lowest BCUT2D eigenvalue weighted by molar-refractivity contribution is 0.0207. The molecule has 96 valence electrons. The first kappa shape index (κ1) is 12.7. The molecular weight excluding hydrogens is 212 g/mol. The van der Waals surface area contributed by atoms with Crippen LogP contribution in [0.4, 0.5) is 0 Å². The molecule has 1 aliphatic rings. The lowest BCUT2D eigenvalue weighted by Gasteiger charge is -2.23. The Morgan fingerprint density at radius 3 is 3.12 bits per heavy atom. The van der Waals surface area contributed by atoms with Gasteiger partial charge in [0.25, 0.3) is 0 Å². The maximum absolute atomic E-state index is 5.75. The summed E-state index contributed by atoms with van der Waals surface area (Å²) in [5, 5.41) is 3.50. The van der Waals surface area contributed by atoms with E-state index >= 15 is 0 Å². The molecule has 2 heterocycles. The zero-order valence-electron chi connectivity index (χ0n) is 11.0. The molecule has 0 amide bonds. The van der Waals surface area contributed by atoms with Crippen molar-refractivity contribution in [1.82, 2.24) is 9.88 Å². The van der Waals surface area contributed by atoms with Crippen LogP contribution in [0.3, 0.4) is 0 Å². The minimum atomic E-state index is 0.0615. The summed E-state index contributed by atoms with van der Waals surface area (Å²) in [6.45, 7) is 8.33. The minimum Gasteiger partial charge on any atom is -0.374 e. The van der Waals surface area contributed by atoms with Gasteiger partial charge in [-0.15, -0.1) is 0 Å². The topological polar surface area (TPSA) is 26.2 Å². The molecule has 1 unspecified atom stereocenters. The molecule has 17 heavy (non-hydrogen) atoms. The number of rotatable bonds is 6. The molecule has 0 bridgehead atoms. The van der Waals surface area contributed by atoms with Gasteiger partial charge >= 0.3 is 0 Å². The molecule has 3 nitrogen and oxygen atoms in total. The second-order valence-electron chi connectivity index (χ2n) is 5.26. The standard InChI is InChI=1S/C14H24N2O/c1-3-7-16-8-5-13(11-16)10-15-12-14(2)6-4-9-17-14/h5,8,11,15H,3-4,6-7,9-10,12H2,1-2H3. The Balaban J connectivity index is 1.73. The van der Waals surface area contributed by atoms with Crippen LogP contribution in [0.25, 0.3) is 0 Å². The van der Waals surface area contributed by atoms with E-state index in [0.29, 0.717) is 0 Å². The van der Waals surface area contributed by atoms with Crippen LogP contribution in [0, 0.1) is 0 Å². The van der Waals surface area contributed by atoms with Gasteiger partial charge in [0.05, 0.1) is 5.60 Å². The van der Waals surface area contributed by atoms with Crippen LogP contribution in [0.15, 0.2) is 18.5 Å². The average Bonchev–Trinajstić information content (AvgIpc) is 2.90. The van der Waals surface area contributed by atoms with Gasteiger partial charge in [0.2, 0.25) is 0 Å². The predicted octanol–water partition coefficient (Wildman–Crippen LogP) is 2.56. The van der Waals surface area contributed by atoms with Gasteiger partial charge in [-0.2, -0.15) is 0 Å². The number of aromatic nitrogens is 1. The van der Waals surface area contributed by atoms with Crippen molar-refractivity contribution >= 4 is 0 Å². The maximum Gasteiger partial charge on any atom is 0.0779 e. The zero-order chi connectivity index (χ0) is 12.1. The van der Waals surface area contributed by atoms with Crippen molar-refractivity contribution in [2.24, 2.45) is 0 Å². The summed E-state index contributed by atoms with van der Waals surface area (Å²) < 4.78 is 8.01. The fourth-order valence-electron chi connectivity index (χ4n) is 2.44. The summed E-state index contributed by atoms with van der Waals surface area (Å²) in [5.41, 5.74) is 1.42. The molecule has 1 atom stereocenters. The quantitative estimate of drug-likeness (QED) is 0.821. The molecule has 3 heteroatoms. The first-order valence-corrected chi connectivity index (χ1v) is 6.71. The van der Waals surface area contributed by atoms with Gasteiger partial charge in [-0.05, 0) is 37.8 Å². The monoisotopic (exact) mass is 236 g/mol. The third-order valence-electron chi connectivity index (χ3n) is 3.42. The van der Waals surface area contributed by atoms with Crippen molar-refractivity contribution in [2.45, 2.75) is 51.8 Å². The Morgan fingerprint density at radius 2 is 2.41 bits per heavy atom. The minimum absolute atomic E-state index is 0.0615. The average molecular weight is 236 g/mol. The van der Waals surface area contributed by atoms with Crippen molar-refractivity contribution in [3.63, 3.8) is 0 Å². The molecule has 0 spiro atoms. The molecule has 2 rings (SSSR count). The summed E-state index contributed by atoms with van der Waals surface area (Å²) in [5.74, 6) is 0. The van der Waals surface area contributed by atoms with Gasteiger partial charge in [-0.3, -0.25) is 0 Å². The number of aryl methyl sites for hydroxylation is 1. The Bertz CT molecular complexity index is 340. The van der Waals surface area contributed by atoms with Crippen molar-refractivity contribution in [3.8, 4) is 0 Å². The van der Waals surface area contributed by atoms with Gasteiger partial charge in [0.15, 0.2) is 0 Å². The SMILES string of the molecule is CCCn1ccc(CNCC2(C)CCCO2)c1. The Morgan fingerprint density at radius 1 is 1.53 bits per heavy atom. The molecule has 0 aliphatic carbocycles. The highest BCUT2D eigenvalue weighted by atomic mass is 16.5. The van der Waals surface area contributed by atoms with E-state index in [1.165, 1.54) is 24.8 Å². The molecule has 1 aromatic rings. The van der Waals surface area contributed by atoms with Crippen molar-refractivity contribution in [2.75, 3.05) is 13.2 Å². The fourth-order valence-corrected chi connectivity index (χ4v) is 2.44. The van der Waals surface area contributed by atoms with Crippen LogP contribution in [-0.4, -0.2) is 23.3 Å². The third-order valence-corrected chi connectivity index (χ3v) is 3.42. The van der Waals surface area contributed by atoms with E-state index < -0.39 is 0 Å². The van der Waals surface area contributed by atoms with Gasteiger partial charge < -0.3 is 14.6 Å². The van der Waals surface area contributed by atoms with Crippen molar-refractivity contribution < 1.29 is 4.74 Å². The number of nitrogens with one attached hydrogen (secondary N) is 1. The van der Waals surface area contributed by atoms with Crippen LogP contribution in [-0.2, 0) is 17.8 Å². The second-order valence-corrected chi connectivity index (χ2v) is 5.26. The molecule has 0 aromatic carbocycles. The number of hydrogen-bond acceptors (Lipinski definition) is 2. The fraction of sp³-hybridized carbons (Fsp3) is 0.714. The second kappa shape index (κ2) is 5.69. The molecule has 1 fully saturated rings. The highest BCUT2D eigenvalue weighted by molar-refractivity contribution is 5.10. The normalized spacial score (nSPS) is 24.4. The largest absolute Gasteiger partial charge is 0.374 e. The summed E-state index contributed by atoms with van der Waals surface area (Å²) in [6.07, 6.45) is 7.96. The smallest absolute Gasteiger partial charge is 0.0779 e. The van der Waals surface area contributed by atoms with Gasteiger partial charge in [0, 0.05) is 38.6 Å². The summed E-state index contributed by atoms with van der Waals surface area (Å²) in [7, 11) is 0. The van der Waals surface area contributed by atoms with Gasteiger partial charge in [-0.1, -0.05) is 6.92 Å². The van der Waals surface area contributed by atoms with Crippen LogP contribution in [0.1, 0.15) is 38.7 Å². The number of nitrogens with zero attached hydrogens (tertiary/aromatic N) is 1. The molecule has 0 saturated carbocycles. The summed E-state index contributed by atoms with van der Waals surface area (Å²) >= 11 is 0. The van der Waals surface area contributed by atoms with E-state index in [1.54, 1.807) is 0 Å². The van der Waals surface area contributed by atoms with E-state index in [4.69, 9.17) is 4.74 Å². The molecule has 0 radical (unpaired) electrons. The lowest BCUT2D eigenvalue weighted by atomic mass is 10.0. The van der Waals surface area contributed by atoms with E-state index in [1.807, 2.05) is 0 Å². The summed E-state index contributed by atoms with van der Waals surface area (Å²) in [4.78, 5) is 0. The maximum atomic E-state index is 5.75. The van der Waals surface area contributed by atoms with Crippen molar-refractivity contribution in [3.05, 3.63) is 24.0 Å². The molecule has 1 saturated heterocycles. The van der Waals surface area contributed by atoms with E-state index in [2.05, 4.69) is 42.2 Å². The molecular formula is C14H24N2O. The Labute approximate surface area is 104 Å². The first-order valence-electron chi connectivity index (χ1n) is 6.71. The van der Waals surface area contributed by atoms with Gasteiger partial charge in [0.1, 0.15) is 0 Å². The van der Waals surface area contributed by atoms with E-state index in [0.717, 1.165) is 26.2 Å². The number of hydrogen-bond donors (Lipinski definition) is 1. The lowest BCUT2D eigenvalue weighted by Crippen LogP contribution is -2.36. The first-order chi connectivity index (χ1) is 8.22. The number of ether oxygens (including phenoxy) is 1.